The quantitative estimate of drug-likeness (QED) is 0.218. The van der Waals surface area contributed by atoms with Gasteiger partial charge < -0.3 is 20.9 Å². The van der Waals surface area contributed by atoms with Gasteiger partial charge in [-0.25, -0.2) is 19.9 Å². The molecule has 4 N–H and O–H groups in total. The summed E-state index contributed by atoms with van der Waals surface area (Å²) in [5.41, 5.74) is 18.4. The number of nitrogens with two attached hydrogens (primary N) is 2. The molecule has 0 aliphatic rings. The molecule has 0 unspecified atom stereocenters. The third kappa shape index (κ3) is 6.82. The largest absolute Gasteiger partial charge is 0.476 e. The maximum atomic E-state index is 6.20. The number of ether oxygens (including phenoxy) is 2. The molecule has 0 spiro atoms. The lowest BCUT2D eigenvalue weighted by molar-refractivity contribution is 0.330. The summed E-state index contributed by atoms with van der Waals surface area (Å²) in [6, 6.07) is 11.4. The van der Waals surface area contributed by atoms with E-state index in [0.717, 1.165) is 11.3 Å². The van der Waals surface area contributed by atoms with E-state index in [1.165, 1.54) is 11.1 Å². The number of hydrogen-bond donors (Lipinski definition) is 2. The van der Waals surface area contributed by atoms with Crippen LogP contribution in [0.15, 0.2) is 48.8 Å². The van der Waals surface area contributed by atoms with Crippen LogP contribution in [0.25, 0.3) is 44.8 Å². The zero-order valence-electron chi connectivity index (χ0n) is 24.3. The van der Waals surface area contributed by atoms with E-state index in [-0.39, 0.29) is 17.8 Å². The van der Waals surface area contributed by atoms with Crippen LogP contribution in [0, 0.1) is 13.8 Å². The van der Waals surface area contributed by atoms with Gasteiger partial charge in [-0.15, -0.1) is 0 Å². The van der Waals surface area contributed by atoms with Crippen molar-refractivity contribution in [2.24, 2.45) is 0 Å². The summed E-state index contributed by atoms with van der Waals surface area (Å²) in [6.07, 6.45) is 3.25. The fourth-order valence-electron chi connectivity index (χ4n) is 4.36. The molecule has 0 aliphatic heterocycles. The van der Waals surface area contributed by atoms with Crippen molar-refractivity contribution in [1.82, 2.24) is 39.9 Å². The van der Waals surface area contributed by atoms with Gasteiger partial charge in [-0.3, -0.25) is 0 Å². The molecule has 4 aromatic heterocycles. The van der Waals surface area contributed by atoms with Crippen LogP contribution >= 0.6 is 23.2 Å². The van der Waals surface area contributed by atoms with Crippen molar-refractivity contribution in [3.63, 3.8) is 0 Å². The molecule has 0 aliphatic carbocycles. The highest BCUT2D eigenvalue weighted by atomic mass is 35.5. The van der Waals surface area contributed by atoms with Gasteiger partial charge in [0.05, 0.1) is 42.0 Å². The molecule has 6 aromatic rings. The van der Waals surface area contributed by atoms with Gasteiger partial charge in [0.2, 0.25) is 23.7 Å². The van der Waals surface area contributed by atoms with Crippen molar-refractivity contribution in [2.75, 3.05) is 24.7 Å². The molecule has 12 nitrogen and oxygen atoms in total. The number of nitrogens with zero attached hydrogens (tertiary/aromatic N) is 8. The average molecular weight is 632 g/mol. The van der Waals surface area contributed by atoms with Gasteiger partial charge in [-0.05, 0) is 58.0 Å². The molecule has 0 radical (unpaired) electrons. The Hall–Kier alpha value is -4.94. The first-order chi connectivity index (χ1) is 21.1. The molecule has 6 rings (SSSR count). The summed E-state index contributed by atoms with van der Waals surface area (Å²) >= 11 is 12.2. The predicted molar refractivity (Wildman–Crippen MR) is 172 cm³/mol. The van der Waals surface area contributed by atoms with Crippen LogP contribution < -0.4 is 20.9 Å². The van der Waals surface area contributed by atoms with Crippen LogP contribution in [0.5, 0.6) is 11.8 Å². The molecule has 2 aromatic carbocycles. The normalized spacial score (nSPS) is 10.9. The number of fused-ring (bicyclic) bond motifs is 2. The summed E-state index contributed by atoms with van der Waals surface area (Å²) in [7, 11) is 0. The Morgan fingerprint density at radius 3 is 1.73 bits per heavy atom. The first kappa shape index (κ1) is 30.5. The van der Waals surface area contributed by atoms with Crippen molar-refractivity contribution in [2.45, 2.75) is 27.7 Å². The third-order valence-electron chi connectivity index (χ3n) is 6.07. The van der Waals surface area contributed by atoms with Crippen molar-refractivity contribution in [3.05, 3.63) is 70.0 Å². The van der Waals surface area contributed by atoms with Crippen molar-refractivity contribution < 1.29 is 9.47 Å². The maximum Gasteiger partial charge on any atom is 0.247 e. The highest BCUT2D eigenvalue weighted by molar-refractivity contribution is 6.35. The number of aryl methyl sites for hydroxylation is 2. The van der Waals surface area contributed by atoms with Crippen LogP contribution in [-0.2, 0) is 0 Å². The van der Waals surface area contributed by atoms with E-state index in [2.05, 4.69) is 71.9 Å². The number of anilines is 2. The van der Waals surface area contributed by atoms with Crippen LogP contribution in [0.4, 0.5) is 11.9 Å². The van der Waals surface area contributed by atoms with E-state index < -0.39 is 0 Å². The molecule has 0 fully saturated rings. The van der Waals surface area contributed by atoms with Gasteiger partial charge in [-0.1, -0.05) is 40.4 Å². The minimum absolute atomic E-state index is 0.0822. The van der Waals surface area contributed by atoms with E-state index >= 15 is 0 Å². The van der Waals surface area contributed by atoms with Gasteiger partial charge >= 0.3 is 0 Å². The fraction of sp³-hybridized carbons (Fsp3) is 0.200. The molecular formula is C30H28Cl2N10O2. The molecule has 0 atom stereocenters. The SMILES string of the molecule is CCOc1nc(N)nc2ncc(-c3cc(C)cc(C)c3)nc12.CCOc1nc(N)nc2ncc(-c3cc(Cl)ccc3Cl)nc12. The van der Waals surface area contributed by atoms with Gasteiger partial charge in [0.1, 0.15) is 0 Å². The second kappa shape index (κ2) is 13.1. The molecule has 0 saturated heterocycles. The van der Waals surface area contributed by atoms with Gasteiger partial charge in [0.25, 0.3) is 0 Å². The highest BCUT2D eigenvalue weighted by Crippen LogP contribution is 2.31. The van der Waals surface area contributed by atoms with Crippen LogP contribution in [0.3, 0.4) is 0 Å². The number of halogens is 2. The smallest absolute Gasteiger partial charge is 0.247 e. The Balaban J connectivity index is 0.000000175. The second-order valence-electron chi connectivity index (χ2n) is 9.50. The Kier molecular flexibility index (Phi) is 9.12. The summed E-state index contributed by atoms with van der Waals surface area (Å²) in [5.74, 6) is 0.865. The topological polar surface area (TPSA) is 174 Å². The molecule has 14 heteroatoms. The molecule has 0 amide bonds. The molecule has 0 bridgehead atoms. The third-order valence-corrected chi connectivity index (χ3v) is 6.63. The minimum Gasteiger partial charge on any atom is -0.476 e. The Morgan fingerprint density at radius 1 is 0.659 bits per heavy atom. The minimum atomic E-state index is 0.0822. The number of nitrogen functional groups attached to an aromatic ring is 2. The molecule has 0 saturated carbocycles. The maximum absolute atomic E-state index is 6.20. The molecule has 224 valence electrons. The average Bonchev–Trinajstić information content (AvgIpc) is 2.98. The molecular weight excluding hydrogens is 603 g/mol. The standard InChI is InChI=1S/C16H17N5O.C14H11Cl2N5O/c1-4-22-15-13-14(20-16(17)21-15)18-8-12(19-13)11-6-9(2)5-10(3)7-11;1-2-22-13-11-12(20-14(17)21-13)18-6-10(19-11)8-5-7(15)3-4-9(8)16/h5-8H,4H2,1-3H3,(H2,17,18,20,21);3-6H,2H2,1H3,(H2,17,18,20,21). The van der Waals surface area contributed by atoms with E-state index in [9.17, 15) is 0 Å². The van der Waals surface area contributed by atoms with E-state index in [1.54, 1.807) is 30.6 Å². The monoisotopic (exact) mass is 630 g/mol. The van der Waals surface area contributed by atoms with Gasteiger partial charge in [0.15, 0.2) is 22.3 Å². The first-order valence-corrected chi connectivity index (χ1v) is 14.3. The van der Waals surface area contributed by atoms with Crippen molar-refractivity contribution in [3.8, 4) is 34.3 Å². The molecule has 44 heavy (non-hydrogen) atoms. The Bertz CT molecular complexity index is 1970. The molecule has 4 heterocycles. The zero-order valence-corrected chi connectivity index (χ0v) is 25.8. The van der Waals surface area contributed by atoms with Crippen LogP contribution in [0.1, 0.15) is 25.0 Å². The number of benzene rings is 2. The summed E-state index contributed by atoms with van der Waals surface area (Å²) in [6.45, 7) is 8.73. The Labute approximate surface area is 262 Å². The van der Waals surface area contributed by atoms with Gasteiger partial charge in [0, 0.05) is 16.1 Å². The van der Waals surface area contributed by atoms with Crippen molar-refractivity contribution in [1.29, 1.82) is 0 Å². The summed E-state index contributed by atoms with van der Waals surface area (Å²) in [5, 5.41) is 1.08. The Morgan fingerprint density at radius 2 is 1.18 bits per heavy atom. The second-order valence-corrected chi connectivity index (χ2v) is 10.3. The predicted octanol–water partition coefficient (Wildman–Crippen LogP) is 6.06. The number of rotatable bonds is 6. The van der Waals surface area contributed by atoms with E-state index in [4.69, 9.17) is 44.1 Å². The lowest BCUT2D eigenvalue weighted by Crippen LogP contribution is -2.04. The van der Waals surface area contributed by atoms with E-state index in [0.29, 0.717) is 62.7 Å². The van der Waals surface area contributed by atoms with Crippen LogP contribution in [-0.4, -0.2) is 53.1 Å². The lowest BCUT2D eigenvalue weighted by Gasteiger charge is -2.08. The lowest BCUT2D eigenvalue weighted by atomic mass is 10.1. The zero-order chi connectivity index (χ0) is 31.4. The van der Waals surface area contributed by atoms with E-state index in [1.807, 2.05) is 13.8 Å². The first-order valence-electron chi connectivity index (χ1n) is 13.5. The summed E-state index contributed by atoms with van der Waals surface area (Å²) in [4.78, 5) is 34.0. The number of hydrogen-bond acceptors (Lipinski definition) is 12. The number of aromatic nitrogens is 8. The highest BCUT2D eigenvalue weighted by Gasteiger charge is 2.15. The van der Waals surface area contributed by atoms with Crippen molar-refractivity contribution >= 4 is 57.4 Å². The van der Waals surface area contributed by atoms with Gasteiger partial charge in [-0.2, -0.15) is 19.9 Å². The summed E-state index contributed by atoms with van der Waals surface area (Å²) < 4.78 is 11.0. The van der Waals surface area contributed by atoms with Crippen LogP contribution in [0.2, 0.25) is 10.0 Å². The fourth-order valence-corrected chi connectivity index (χ4v) is 4.74.